The van der Waals surface area contributed by atoms with E-state index in [1.54, 1.807) is 6.07 Å². The maximum atomic E-state index is 9.51. The lowest BCUT2D eigenvalue weighted by Crippen LogP contribution is -2.25. The average molecular weight is 271 g/mol. The van der Waals surface area contributed by atoms with E-state index in [9.17, 15) is 10.2 Å². The van der Waals surface area contributed by atoms with Crippen LogP contribution in [0.3, 0.4) is 0 Å². The molecule has 0 spiro atoms. The van der Waals surface area contributed by atoms with E-state index in [-0.39, 0.29) is 17.5 Å². The molecule has 3 heteroatoms. The molecule has 0 aromatic heterocycles. The van der Waals surface area contributed by atoms with Crippen molar-refractivity contribution in [1.29, 1.82) is 0 Å². The second kappa shape index (κ2) is 6.44. The number of nitrogens with one attached hydrogen (secondary N) is 1. The van der Waals surface area contributed by atoms with Crippen LogP contribution in [0.25, 0.3) is 0 Å². The van der Waals surface area contributed by atoms with Gasteiger partial charge in [-0.2, -0.15) is 0 Å². The molecule has 0 amide bonds. The molecule has 0 heterocycles. The highest BCUT2D eigenvalue weighted by molar-refractivity contribution is 5.40. The summed E-state index contributed by atoms with van der Waals surface area (Å²) in [4.78, 5) is 0. The normalized spacial score (nSPS) is 12.6. The van der Waals surface area contributed by atoms with Crippen LogP contribution in [-0.4, -0.2) is 10.2 Å². The smallest absolute Gasteiger partial charge is 0.157 e. The molecule has 2 aromatic rings. The predicted molar refractivity (Wildman–Crippen MR) is 80.6 cm³/mol. The summed E-state index contributed by atoms with van der Waals surface area (Å²) in [5, 5.41) is 22.3. The van der Waals surface area contributed by atoms with Crippen LogP contribution in [0.15, 0.2) is 48.5 Å². The van der Waals surface area contributed by atoms with Crippen LogP contribution in [0, 0.1) is 5.92 Å². The first kappa shape index (κ1) is 14.4. The molecule has 20 heavy (non-hydrogen) atoms. The molecule has 0 saturated carbocycles. The average Bonchev–Trinajstić information content (AvgIpc) is 2.44. The first-order valence-electron chi connectivity index (χ1n) is 6.87. The number of benzene rings is 2. The van der Waals surface area contributed by atoms with Crippen molar-refractivity contribution in [3.63, 3.8) is 0 Å². The predicted octanol–water partition coefficient (Wildman–Crippen LogP) is 3.58. The van der Waals surface area contributed by atoms with Crippen molar-refractivity contribution in [3.05, 3.63) is 59.7 Å². The molecule has 0 aliphatic rings. The molecule has 3 nitrogen and oxygen atoms in total. The summed E-state index contributed by atoms with van der Waals surface area (Å²) in [7, 11) is 0. The van der Waals surface area contributed by atoms with E-state index in [1.807, 2.05) is 24.3 Å². The van der Waals surface area contributed by atoms with Crippen molar-refractivity contribution in [2.75, 3.05) is 0 Å². The van der Waals surface area contributed by atoms with Gasteiger partial charge >= 0.3 is 0 Å². The van der Waals surface area contributed by atoms with Gasteiger partial charge in [0.05, 0.1) is 0 Å². The van der Waals surface area contributed by atoms with Gasteiger partial charge < -0.3 is 15.5 Å². The minimum Gasteiger partial charge on any atom is -0.504 e. The molecule has 2 rings (SSSR count). The lowest BCUT2D eigenvalue weighted by molar-refractivity contribution is 0.398. The van der Waals surface area contributed by atoms with Crippen molar-refractivity contribution in [1.82, 2.24) is 5.32 Å². The molecule has 0 fully saturated rings. The largest absolute Gasteiger partial charge is 0.504 e. The molecule has 3 N–H and O–H groups in total. The maximum absolute atomic E-state index is 9.51. The first-order valence-corrected chi connectivity index (χ1v) is 6.87. The third-order valence-corrected chi connectivity index (χ3v) is 3.39. The third kappa shape index (κ3) is 3.52. The van der Waals surface area contributed by atoms with Crippen LogP contribution >= 0.6 is 0 Å². The molecule has 1 atom stereocenters. The molecule has 0 aliphatic heterocycles. The van der Waals surface area contributed by atoms with Gasteiger partial charge in [0.15, 0.2) is 11.5 Å². The quantitative estimate of drug-likeness (QED) is 0.728. The molecule has 0 aliphatic carbocycles. The Hall–Kier alpha value is -2.00. The zero-order chi connectivity index (χ0) is 14.5. The zero-order valence-electron chi connectivity index (χ0n) is 11.9. The fourth-order valence-electron chi connectivity index (χ4n) is 2.31. The van der Waals surface area contributed by atoms with Crippen molar-refractivity contribution < 1.29 is 10.2 Å². The standard InChI is InChI=1S/C17H21NO2/c1-12(2)17(14-6-4-3-5-7-14)18-11-13-8-9-15(19)16(20)10-13/h3-10,12,17-20H,11H2,1-2H3. The van der Waals surface area contributed by atoms with E-state index in [1.165, 1.54) is 11.6 Å². The Balaban J connectivity index is 2.08. The zero-order valence-corrected chi connectivity index (χ0v) is 11.9. The van der Waals surface area contributed by atoms with Crippen molar-refractivity contribution >= 4 is 0 Å². The van der Waals surface area contributed by atoms with Gasteiger partial charge in [0, 0.05) is 12.6 Å². The summed E-state index contributed by atoms with van der Waals surface area (Å²) in [5.41, 5.74) is 2.20. The lowest BCUT2D eigenvalue weighted by atomic mass is 9.96. The minimum absolute atomic E-state index is 0.0786. The highest BCUT2D eigenvalue weighted by Gasteiger charge is 2.14. The number of phenolic OH excluding ortho intramolecular Hbond substituents is 2. The van der Waals surface area contributed by atoms with Gasteiger partial charge in [-0.25, -0.2) is 0 Å². The van der Waals surface area contributed by atoms with Crippen LogP contribution in [-0.2, 0) is 6.54 Å². The van der Waals surface area contributed by atoms with Gasteiger partial charge in [0.2, 0.25) is 0 Å². The van der Waals surface area contributed by atoms with Gasteiger partial charge in [-0.05, 0) is 29.2 Å². The minimum atomic E-state index is -0.0859. The van der Waals surface area contributed by atoms with E-state index < -0.39 is 0 Å². The highest BCUT2D eigenvalue weighted by Crippen LogP contribution is 2.26. The molecule has 0 bridgehead atoms. The first-order chi connectivity index (χ1) is 9.58. The molecular weight excluding hydrogens is 250 g/mol. The van der Waals surface area contributed by atoms with Crippen LogP contribution in [0.5, 0.6) is 11.5 Å². The molecule has 2 aromatic carbocycles. The second-order valence-electron chi connectivity index (χ2n) is 5.34. The Morgan fingerprint density at radius 2 is 1.65 bits per heavy atom. The lowest BCUT2D eigenvalue weighted by Gasteiger charge is -2.23. The van der Waals surface area contributed by atoms with Gasteiger partial charge in [0.25, 0.3) is 0 Å². The molecule has 106 valence electrons. The Bertz CT molecular complexity index is 552. The van der Waals surface area contributed by atoms with Crippen LogP contribution in [0.2, 0.25) is 0 Å². The molecule has 1 unspecified atom stereocenters. The van der Waals surface area contributed by atoms with Gasteiger partial charge in [-0.3, -0.25) is 0 Å². The summed E-state index contributed by atoms with van der Waals surface area (Å²) in [5.74, 6) is 0.297. The van der Waals surface area contributed by atoms with Crippen LogP contribution in [0.1, 0.15) is 31.0 Å². The number of hydrogen-bond donors (Lipinski definition) is 3. The fourth-order valence-corrected chi connectivity index (χ4v) is 2.31. The molecule has 0 radical (unpaired) electrons. The monoisotopic (exact) mass is 271 g/mol. The Labute approximate surface area is 119 Å². The van der Waals surface area contributed by atoms with Crippen LogP contribution < -0.4 is 5.32 Å². The summed E-state index contributed by atoms with van der Waals surface area (Å²) in [6, 6.07) is 15.5. The van der Waals surface area contributed by atoms with E-state index in [0.29, 0.717) is 12.5 Å². The number of phenols is 2. The van der Waals surface area contributed by atoms with Gasteiger partial charge in [-0.15, -0.1) is 0 Å². The summed E-state index contributed by atoms with van der Waals surface area (Å²) < 4.78 is 0. The van der Waals surface area contributed by atoms with Gasteiger partial charge in [0.1, 0.15) is 0 Å². The van der Waals surface area contributed by atoms with Gasteiger partial charge in [-0.1, -0.05) is 50.2 Å². The Morgan fingerprint density at radius 3 is 2.25 bits per heavy atom. The third-order valence-electron chi connectivity index (χ3n) is 3.39. The molecular formula is C17H21NO2. The van der Waals surface area contributed by atoms with Crippen molar-refractivity contribution in [2.45, 2.75) is 26.4 Å². The number of rotatable bonds is 5. The number of aromatic hydroxyl groups is 2. The topological polar surface area (TPSA) is 52.5 Å². The van der Waals surface area contributed by atoms with Crippen LogP contribution in [0.4, 0.5) is 0 Å². The number of hydrogen-bond acceptors (Lipinski definition) is 3. The van der Waals surface area contributed by atoms with E-state index in [2.05, 4.69) is 31.3 Å². The van der Waals surface area contributed by atoms with E-state index in [4.69, 9.17) is 0 Å². The SMILES string of the molecule is CC(C)C(NCc1ccc(O)c(O)c1)c1ccccc1. The van der Waals surface area contributed by atoms with E-state index in [0.717, 1.165) is 5.56 Å². The van der Waals surface area contributed by atoms with Crippen molar-refractivity contribution in [2.24, 2.45) is 5.92 Å². The molecule has 0 saturated heterocycles. The Morgan fingerprint density at radius 1 is 0.950 bits per heavy atom. The summed E-state index contributed by atoms with van der Waals surface area (Å²) in [6.07, 6.45) is 0. The van der Waals surface area contributed by atoms with E-state index >= 15 is 0 Å². The summed E-state index contributed by atoms with van der Waals surface area (Å²) >= 11 is 0. The maximum Gasteiger partial charge on any atom is 0.157 e. The summed E-state index contributed by atoms with van der Waals surface area (Å²) in [6.45, 7) is 5.00. The second-order valence-corrected chi connectivity index (χ2v) is 5.34. The van der Waals surface area contributed by atoms with Crippen molar-refractivity contribution in [3.8, 4) is 11.5 Å². The Kier molecular flexibility index (Phi) is 4.64. The fraction of sp³-hybridized carbons (Fsp3) is 0.294. The highest BCUT2D eigenvalue weighted by atomic mass is 16.3.